The Hall–Kier alpha value is -2.67. The lowest BCUT2D eigenvalue weighted by Gasteiger charge is -2.12. The van der Waals surface area contributed by atoms with Crippen LogP contribution in [0, 0.1) is 0 Å². The second-order valence-electron chi connectivity index (χ2n) is 5.95. The zero-order valence-electron chi connectivity index (χ0n) is 14.4. The summed E-state index contributed by atoms with van der Waals surface area (Å²) in [5.74, 6) is 0.570. The maximum Gasteiger partial charge on any atom is 0.221 e. The van der Waals surface area contributed by atoms with Gasteiger partial charge in [-0.15, -0.1) is 11.3 Å². The minimum atomic E-state index is 0.0968. The molecule has 0 fully saturated rings. The number of aldehydes is 1. The van der Waals surface area contributed by atoms with Crippen LogP contribution in [0.3, 0.4) is 0 Å². The number of aromatic nitrogens is 2. The van der Waals surface area contributed by atoms with E-state index in [2.05, 4.69) is 9.97 Å². The molecule has 0 saturated carbocycles. The summed E-state index contributed by atoms with van der Waals surface area (Å²) in [6, 6.07) is 14.8. The molecule has 2 N–H and O–H groups in total. The van der Waals surface area contributed by atoms with Crippen LogP contribution in [0.1, 0.15) is 15.2 Å². The summed E-state index contributed by atoms with van der Waals surface area (Å²) in [4.78, 5) is 20.9. The minimum Gasteiger partial charge on any atom is -0.487 e. The van der Waals surface area contributed by atoms with Crippen molar-refractivity contribution < 1.29 is 9.53 Å². The fraction of sp³-hybridized carbons (Fsp3) is 0.0500. The Morgan fingerprint density at radius 1 is 1.07 bits per heavy atom. The molecule has 0 bridgehead atoms. The van der Waals surface area contributed by atoms with Crippen molar-refractivity contribution in [2.24, 2.45) is 0 Å². The van der Waals surface area contributed by atoms with Crippen molar-refractivity contribution in [3.8, 4) is 17.0 Å². The minimum absolute atomic E-state index is 0.0968. The summed E-state index contributed by atoms with van der Waals surface area (Å²) in [5, 5.41) is 1.48. The number of ether oxygens (including phenoxy) is 1. The van der Waals surface area contributed by atoms with Gasteiger partial charge in [-0.1, -0.05) is 53.5 Å². The average molecular weight is 430 g/mol. The molecule has 0 unspecified atom stereocenters. The molecule has 0 amide bonds. The predicted octanol–water partition coefficient (Wildman–Crippen LogP) is 5.64. The number of nitrogen functional groups attached to an aromatic ring is 1. The van der Waals surface area contributed by atoms with Gasteiger partial charge in [-0.3, -0.25) is 4.79 Å². The number of carbonyl (C=O) groups excluding carboxylic acids is 1. The fourth-order valence-electron chi connectivity index (χ4n) is 2.78. The number of hydrogen-bond donors (Lipinski definition) is 1. The first-order chi connectivity index (χ1) is 13.5. The van der Waals surface area contributed by atoms with E-state index in [4.69, 9.17) is 33.7 Å². The molecule has 8 heteroatoms. The van der Waals surface area contributed by atoms with Crippen molar-refractivity contribution in [2.45, 2.75) is 6.61 Å². The van der Waals surface area contributed by atoms with Crippen molar-refractivity contribution in [3.05, 3.63) is 69.0 Å². The van der Waals surface area contributed by atoms with Gasteiger partial charge in [0.15, 0.2) is 6.29 Å². The molecule has 140 valence electrons. The van der Waals surface area contributed by atoms with Gasteiger partial charge in [0.05, 0.1) is 20.6 Å². The number of nitrogens with two attached hydrogens (primary N) is 1. The van der Waals surface area contributed by atoms with Gasteiger partial charge in [0.1, 0.15) is 17.2 Å². The van der Waals surface area contributed by atoms with Gasteiger partial charge in [-0.2, -0.15) is 0 Å². The summed E-state index contributed by atoms with van der Waals surface area (Å²) >= 11 is 14.0. The summed E-state index contributed by atoms with van der Waals surface area (Å²) in [6.07, 6.45) is 0.768. The highest BCUT2D eigenvalue weighted by atomic mass is 35.5. The van der Waals surface area contributed by atoms with Crippen LogP contribution < -0.4 is 10.5 Å². The Morgan fingerprint density at radius 3 is 2.61 bits per heavy atom. The third kappa shape index (κ3) is 3.67. The van der Waals surface area contributed by atoms with Crippen LogP contribution in [0.25, 0.3) is 21.5 Å². The Balaban J connectivity index is 1.79. The van der Waals surface area contributed by atoms with E-state index < -0.39 is 0 Å². The maximum absolute atomic E-state index is 11.2. The Bertz CT molecular complexity index is 1180. The van der Waals surface area contributed by atoms with Crippen LogP contribution in [0.15, 0.2) is 48.5 Å². The average Bonchev–Trinajstić information content (AvgIpc) is 3.10. The Labute approximate surface area is 174 Å². The smallest absolute Gasteiger partial charge is 0.221 e. The van der Waals surface area contributed by atoms with E-state index in [1.54, 1.807) is 18.2 Å². The molecule has 4 aromatic rings. The largest absolute Gasteiger partial charge is 0.487 e. The molecule has 0 radical (unpaired) electrons. The van der Waals surface area contributed by atoms with Gasteiger partial charge in [-0.25, -0.2) is 9.97 Å². The van der Waals surface area contributed by atoms with Crippen molar-refractivity contribution in [3.63, 3.8) is 0 Å². The van der Waals surface area contributed by atoms with Crippen LogP contribution in [-0.4, -0.2) is 16.3 Å². The first kappa shape index (κ1) is 18.7. The number of hydrogen-bond acceptors (Lipinski definition) is 6. The zero-order valence-corrected chi connectivity index (χ0v) is 16.7. The zero-order chi connectivity index (χ0) is 19.7. The summed E-state index contributed by atoms with van der Waals surface area (Å²) in [7, 11) is 0. The van der Waals surface area contributed by atoms with Gasteiger partial charge in [-0.05, 0) is 23.8 Å². The van der Waals surface area contributed by atoms with E-state index in [0.29, 0.717) is 48.8 Å². The van der Waals surface area contributed by atoms with E-state index >= 15 is 0 Å². The van der Waals surface area contributed by atoms with E-state index in [1.807, 2.05) is 30.3 Å². The van der Waals surface area contributed by atoms with Crippen LogP contribution >= 0.6 is 34.5 Å². The number of halogens is 2. The van der Waals surface area contributed by atoms with Crippen molar-refractivity contribution >= 4 is 57.0 Å². The van der Waals surface area contributed by atoms with Crippen LogP contribution in [0.4, 0.5) is 5.95 Å². The third-order valence-corrected chi connectivity index (χ3v) is 5.62. The van der Waals surface area contributed by atoms with E-state index in [-0.39, 0.29) is 5.95 Å². The summed E-state index contributed by atoms with van der Waals surface area (Å²) in [6.45, 7) is 0.358. The molecule has 0 aliphatic heterocycles. The number of rotatable bonds is 5. The van der Waals surface area contributed by atoms with Gasteiger partial charge in [0, 0.05) is 10.9 Å². The highest BCUT2D eigenvalue weighted by Crippen LogP contribution is 2.40. The monoisotopic (exact) mass is 429 g/mol. The first-order valence-corrected chi connectivity index (χ1v) is 9.81. The van der Waals surface area contributed by atoms with Gasteiger partial charge < -0.3 is 10.5 Å². The second kappa shape index (κ2) is 7.75. The molecule has 4 rings (SSSR count). The van der Waals surface area contributed by atoms with Crippen LogP contribution in [-0.2, 0) is 6.61 Å². The number of fused-ring (bicyclic) bond motifs is 1. The molecule has 0 atom stereocenters. The number of benzene rings is 2. The molecule has 0 spiro atoms. The molecule has 0 aliphatic rings. The normalized spacial score (nSPS) is 10.9. The van der Waals surface area contributed by atoms with Gasteiger partial charge >= 0.3 is 0 Å². The molecule has 0 aliphatic carbocycles. The lowest BCUT2D eigenvalue weighted by molar-refractivity contribution is 0.112. The fourth-order valence-corrected chi connectivity index (χ4v) is 4.16. The predicted molar refractivity (Wildman–Crippen MR) is 113 cm³/mol. The molecular formula is C20H13Cl2N3O2S. The molecule has 0 saturated heterocycles. The Morgan fingerprint density at radius 2 is 1.86 bits per heavy atom. The van der Waals surface area contributed by atoms with Crippen molar-refractivity contribution in [2.75, 3.05) is 5.73 Å². The highest BCUT2D eigenvalue weighted by molar-refractivity contribution is 7.20. The number of anilines is 1. The highest BCUT2D eigenvalue weighted by Gasteiger charge is 2.17. The van der Waals surface area contributed by atoms with E-state index in [1.165, 1.54) is 11.3 Å². The Kier molecular flexibility index (Phi) is 5.17. The second-order valence-corrected chi connectivity index (χ2v) is 7.83. The topological polar surface area (TPSA) is 78.1 Å². The molecule has 2 aromatic heterocycles. The van der Waals surface area contributed by atoms with Crippen molar-refractivity contribution in [1.29, 1.82) is 0 Å². The lowest BCUT2D eigenvalue weighted by atomic mass is 10.1. The summed E-state index contributed by atoms with van der Waals surface area (Å²) in [5.41, 5.74) is 8.00. The molecule has 5 nitrogen and oxygen atoms in total. The third-order valence-electron chi connectivity index (χ3n) is 4.06. The van der Waals surface area contributed by atoms with Gasteiger partial charge in [0.2, 0.25) is 5.95 Å². The van der Waals surface area contributed by atoms with E-state index in [0.717, 1.165) is 11.8 Å². The van der Waals surface area contributed by atoms with Crippen LogP contribution in [0.2, 0.25) is 10.0 Å². The first-order valence-electron chi connectivity index (χ1n) is 8.23. The molecule has 28 heavy (non-hydrogen) atoms. The van der Waals surface area contributed by atoms with Crippen molar-refractivity contribution in [1.82, 2.24) is 9.97 Å². The standard InChI is InChI=1S/C20H13Cl2N3O2S/c21-15-8-16(22)17(27-10-11-4-2-1-3-5-11)7-13(15)18-14-6-12(9-26)28-19(14)25-20(23)24-18/h1-9H,10H2,(H2,23,24,25). The molecule has 2 aromatic carbocycles. The molecular weight excluding hydrogens is 417 g/mol. The van der Waals surface area contributed by atoms with Gasteiger partial charge in [0.25, 0.3) is 0 Å². The van der Waals surface area contributed by atoms with E-state index in [9.17, 15) is 4.79 Å². The number of carbonyl (C=O) groups is 1. The lowest BCUT2D eigenvalue weighted by Crippen LogP contribution is -1.99. The quantitative estimate of drug-likeness (QED) is 0.415. The summed E-state index contributed by atoms with van der Waals surface area (Å²) < 4.78 is 5.89. The van der Waals surface area contributed by atoms with Crippen LogP contribution in [0.5, 0.6) is 5.75 Å². The maximum atomic E-state index is 11.2. The SMILES string of the molecule is Nc1nc(-c2cc(OCc3ccccc3)c(Cl)cc2Cl)c2cc(C=O)sc2n1. The molecule has 2 heterocycles. The number of nitrogens with zero attached hydrogens (tertiary/aromatic N) is 2. The number of thiophene rings is 1.